The van der Waals surface area contributed by atoms with E-state index in [0.717, 1.165) is 0 Å². The quantitative estimate of drug-likeness (QED) is 0.167. The van der Waals surface area contributed by atoms with E-state index in [1.54, 1.807) is 48.5 Å². The maximum Gasteiger partial charge on any atom is 0.326 e. The fourth-order valence-electron chi connectivity index (χ4n) is 2.85. The number of nitrogens with one attached hydrogen (secondary N) is 4. The molecule has 4 atom stereocenters. The lowest BCUT2D eigenvalue weighted by Gasteiger charge is -2.26. The molecule has 0 spiro atoms. The van der Waals surface area contributed by atoms with Crippen molar-refractivity contribution in [2.45, 2.75) is 79.1 Å². The van der Waals surface area contributed by atoms with Crippen LogP contribution in [0.2, 0.25) is 0 Å². The van der Waals surface area contributed by atoms with Gasteiger partial charge in [0.25, 0.3) is 5.91 Å². The summed E-state index contributed by atoms with van der Waals surface area (Å²) in [6.07, 6.45) is 0.0862. The van der Waals surface area contributed by atoms with Crippen molar-refractivity contribution in [2.24, 2.45) is 23.5 Å². The molecule has 0 radical (unpaired) electrons. The Morgan fingerprint density at radius 3 is 1.71 bits per heavy atom. The van der Waals surface area contributed by atoms with Gasteiger partial charge in [-0.2, -0.15) is 0 Å². The number of Topliss-reactive ketones (excluding diaryl/α,β-unsaturated/α-hetero) is 1. The maximum atomic E-state index is 12.8. The molecule has 194 valence electrons. The van der Waals surface area contributed by atoms with Crippen molar-refractivity contribution in [1.29, 1.82) is 0 Å². The molecule has 0 saturated carbocycles. The Morgan fingerprint density at radius 2 is 1.29 bits per heavy atom. The molecule has 0 aromatic carbocycles. The van der Waals surface area contributed by atoms with Gasteiger partial charge in [0.1, 0.15) is 12.1 Å². The first kappa shape index (κ1) is 31.0. The minimum atomic E-state index is -1.22. The van der Waals surface area contributed by atoms with Gasteiger partial charge in [0, 0.05) is 0 Å². The van der Waals surface area contributed by atoms with E-state index in [1.807, 2.05) is 0 Å². The number of carbonyl (C=O) groups is 6. The van der Waals surface area contributed by atoms with E-state index >= 15 is 0 Å². The minimum Gasteiger partial charge on any atom is -0.480 e. The highest BCUT2D eigenvalue weighted by molar-refractivity contribution is 6.38. The van der Waals surface area contributed by atoms with Crippen molar-refractivity contribution in [3.8, 4) is 0 Å². The second-order valence-electron chi connectivity index (χ2n) is 9.14. The largest absolute Gasteiger partial charge is 0.480 e. The summed E-state index contributed by atoms with van der Waals surface area (Å²) < 4.78 is 0. The summed E-state index contributed by atoms with van der Waals surface area (Å²) in [5, 5.41) is 18.6. The average molecular weight is 486 g/mol. The number of hydrogen-bond acceptors (Lipinski definition) is 7. The summed E-state index contributed by atoms with van der Waals surface area (Å²) in [4.78, 5) is 72.9. The Bertz CT molecular complexity index is 767. The van der Waals surface area contributed by atoms with Crippen LogP contribution in [0.5, 0.6) is 0 Å². The number of carboxylic acid groups (broad SMARTS) is 1. The van der Waals surface area contributed by atoms with Gasteiger partial charge in [-0.3, -0.25) is 24.0 Å². The SMILES string of the molecule is CCC(NC(=O)[C@@H](NC(=O)[C@@H](N)C(C)C)C(C)C)C(=O)C(=O)NCC(=O)N[C@H](C(=O)O)C(C)C. The van der Waals surface area contributed by atoms with E-state index in [1.165, 1.54) is 0 Å². The molecule has 0 aliphatic heterocycles. The fourth-order valence-corrected chi connectivity index (χ4v) is 2.85. The summed E-state index contributed by atoms with van der Waals surface area (Å²) >= 11 is 0. The van der Waals surface area contributed by atoms with E-state index in [2.05, 4.69) is 21.3 Å². The second kappa shape index (κ2) is 14.3. The van der Waals surface area contributed by atoms with Crippen LogP contribution in [0.15, 0.2) is 0 Å². The average Bonchev–Trinajstić information content (AvgIpc) is 2.75. The van der Waals surface area contributed by atoms with E-state index in [4.69, 9.17) is 10.8 Å². The number of carbonyl (C=O) groups excluding carboxylic acids is 5. The summed E-state index contributed by atoms with van der Waals surface area (Å²) in [7, 11) is 0. The molecule has 0 heterocycles. The molecule has 1 unspecified atom stereocenters. The third-order valence-corrected chi connectivity index (χ3v) is 5.19. The van der Waals surface area contributed by atoms with E-state index < -0.39 is 66.1 Å². The molecule has 34 heavy (non-hydrogen) atoms. The Morgan fingerprint density at radius 1 is 0.765 bits per heavy atom. The number of carboxylic acids is 1. The fraction of sp³-hybridized carbons (Fsp3) is 0.727. The standard InChI is InChI=1S/C22H39N5O7/c1-8-13(25-20(31)16(11(4)5)27-19(30)15(23)10(2)3)18(29)21(32)24-9-14(28)26-17(12(6)7)22(33)34/h10-13,15-17H,8-9,23H2,1-7H3,(H,24,32)(H,25,31)(H,26,28)(H,27,30)(H,33,34)/t13?,15-,16-,17-/m0/s1. The van der Waals surface area contributed by atoms with Crippen LogP contribution < -0.4 is 27.0 Å². The minimum absolute atomic E-state index is 0.0862. The van der Waals surface area contributed by atoms with Gasteiger partial charge < -0.3 is 32.1 Å². The monoisotopic (exact) mass is 485 g/mol. The lowest BCUT2D eigenvalue weighted by Crippen LogP contribution is -2.58. The predicted octanol–water partition coefficient (Wildman–Crippen LogP) is -1.08. The molecule has 0 saturated heterocycles. The van der Waals surface area contributed by atoms with Crippen LogP contribution in [-0.4, -0.2) is 71.2 Å². The molecule has 0 rings (SSSR count). The predicted molar refractivity (Wildman–Crippen MR) is 124 cm³/mol. The Balaban J connectivity index is 5.08. The number of aliphatic carboxylic acids is 1. The number of rotatable bonds is 14. The smallest absolute Gasteiger partial charge is 0.326 e. The first-order valence-corrected chi connectivity index (χ1v) is 11.3. The van der Waals surface area contributed by atoms with E-state index in [9.17, 15) is 28.8 Å². The Labute approximate surface area is 200 Å². The lowest BCUT2D eigenvalue weighted by molar-refractivity contribution is -0.143. The summed E-state index contributed by atoms with van der Waals surface area (Å²) in [6.45, 7) is 11.2. The highest BCUT2D eigenvalue weighted by atomic mass is 16.4. The van der Waals surface area contributed by atoms with E-state index in [0.29, 0.717) is 0 Å². The van der Waals surface area contributed by atoms with Crippen molar-refractivity contribution in [2.75, 3.05) is 6.54 Å². The van der Waals surface area contributed by atoms with Gasteiger partial charge in [-0.1, -0.05) is 48.5 Å². The van der Waals surface area contributed by atoms with Crippen LogP contribution in [0.1, 0.15) is 54.9 Å². The van der Waals surface area contributed by atoms with Gasteiger partial charge in [-0.05, 0) is 24.2 Å². The van der Waals surface area contributed by atoms with Crippen LogP contribution >= 0.6 is 0 Å². The highest BCUT2D eigenvalue weighted by Gasteiger charge is 2.32. The van der Waals surface area contributed by atoms with Gasteiger partial charge in [-0.25, -0.2) is 4.79 Å². The molecular formula is C22H39N5O7. The molecule has 7 N–H and O–H groups in total. The third kappa shape index (κ3) is 9.86. The highest BCUT2D eigenvalue weighted by Crippen LogP contribution is 2.06. The molecule has 0 aliphatic carbocycles. The summed E-state index contributed by atoms with van der Waals surface area (Å²) in [6, 6.07) is -4.12. The number of nitrogens with two attached hydrogens (primary N) is 1. The van der Waals surface area contributed by atoms with Crippen LogP contribution in [0.25, 0.3) is 0 Å². The summed E-state index contributed by atoms with van der Waals surface area (Å²) in [5.74, 6) is -6.09. The van der Waals surface area contributed by atoms with Crippen LogP contribution in [0.4, 0.5) is 0 Å². The molecule has 0 aliphatic rings. The first-order valence-electron chi connectivity index (χ1n) is 11.3. The van der Waals surface area contributed by atoms with Crippen molar-refractivity contribution in [3.63, 3.8) is 0 Å². The van der Waals surface area contributed by atoms with Gasteiger partial charge >= 0.3 is 5.97 Å². The molecule has 12 heteroatoms. The van der Waals surface area contributed by atoms with E-state index in [-0.39, 0.29) is 24.2 Å². The molecule has 0 aromatic heterocycles. The first-order chi connectivity index (χ1) is 15.6. The molecule has 0 bridgehead atoms. The number of hydrogen-bond donors (Lipinski definition) is 6. The van der Waals surface area contributed by atoms with Gasteiger partial charge in [-0.15, -0.1) is 0 Å². The van der Waals surface area contributed by atoms with Gasteiger partial charge in [0.15, 0.2) is 0 Å². The molecular weight excluding hydrogens is 446 g/mol. The number of ketones is 1. The van der Waals surface area contributed by atoms with Gasteiger partial charge in [0.2, 0.25) is 23.5 Å². The van der Waals surface area contributed by atoms with Crippen molar-refractivity contribution in [1.82, 2.24) is 21.3 Å². The second-order valence-corrected chi connectivity index (χ2v) is 9.14. The normalized spacial score (nSPS) is 14.7. The van der Waals surface area contributed by atoms with Gasteiger partial charge in [0.05, 0.1) is 18.6 Å². The zero-order valence-electron chi connectivity index (χ0n) is 20.9. The molecule has 4 amide bonds. The Hall–Kier alpha value is -3.02. The summed E-state index contributed by atoms with van der Waals surface area (Å²) in [5.41, 5.74) is 5.83. The topological polar surface area (TPSA) is 197 Å². The maximum absolute atomic E-state index is 12.8. The van der Waals surface area contributed by atoms with Crippen LogP contribution in [0, 0.1) is 17.8 Å². The van der Waals surface area contributed by atoms with Crippen LogP contribution in [-0.2, 0) is 28.8 Å². The zero-order chi connectivity index (χ0) is 26.7. The van der Waals surface area contributed by atoms with Crippen molar-refractivity contribution >= 4 is 35.4 Å². The third-order valence-electron chi connectivity index (χ3n) is 5.19. The Kier molecular flexibility index (Phi) is 13.0. The molecule has 12 nitrogen and oxygen atoms in total. The molecule has 0 fully saturated rings. The molecule has 0 aromatic rings. The number of amides is 4. The van der Waals surface area contributed by atoms with Crippen molar-refractivity contribution in [3.05, 3.63) is 0 Å². The van der Waals surface area contributed by atoms with Crippen molar-refractivity contribution < 1.29 is 33.9 Å². The van der Waals surface area contributed by atoms with Crippen LogP contribution in [0.3, 0.4) is 0 Å². The lowest BCUT2D eigenvalue weighted by atomic mass is 9.99. The zero-order valence-corrected chi connectivity index (χ0v) is 20.9.